The van der Waals surface area contributed by atoms with Crippen molar-refractivity contribution < 1.29 is 4.74 Å². The smallest absolute Gasteiger partial charge is 0.243 e. The minimum absolute atomic E-state index is 0.164. The maximum Gasteiger partial charge on any atom is 0.243 e. The Balaban J connectivity index is 1.31. The van der Waals surface area contributed by atoms with Crippen LogP contribution in [0.3, 0.4) is 0 Å². The number of hydrogen-bond acceptors (Lipinski definition) is 7. The highest BCUT2D eigenvalue weighted by atomic mass is 16.5. The van der Waals surface area contributed by atoms with E-state index in [9.17, 15) is 0 Å². The summed E-state index contributed by atoms with van der Waals surface area (Å²) < 4.78 is 7.72. The molecule has 0 amide bonds. The fourth-order valence-corrected chi connectivity index (χ4v) is 4.83. The van der Waals surface area contributed by atoms with Crippen molar-refractivity contribution in [2.24, 2.45) is 0 Å². The van der Waals surface area contributed by atoms with Gasteiger partial charge in [-0.05, 0) is 62.4 Å². The average molecular weight is 416 g/mol. The summed E-state index contributed by atoms with van der Waals surface area (Å²) in [4.78, 5) is 13.9. The summed E-state index contributed by atoms with van der Waals surface area (Å²) in [6.07, 6.45) is 9.35. The summed E-state index contributed by atoms with van der Waals surface area (Å²) in [5, 5.41) is 11.5. The second kappa shape index (κ2) is 7.16. The first-order valence-electron chi connectivity index (χ1n) is 10.9. The predicted molar refractivity (Wildman–Crippen MR) is 120 cm³/mol. The number of ether oxygens (including phenoxy) is 1. The first-order valence-corrected chi connectivity index (χ1v) is 10.9. The molecule has 0 unspecified atom stereocenters. The standard InChI is InChI=1S/C23H25N7O/c1-24-21-20-16(17-4-5-18-19(27-17)3-2-12-25-18)8-13-30(20)29-22(28-21)26-15-6-9-23(10-7-15)11-14-31-23/h2-5,8,12-13,15H,6-7,9-11,14H2,1H3,(H2,24,26,28,29). The van der Waals surface area contributed by atoms with Crippen molar-refractivity contribution in [2.45, 2.75) is 43.7 Å². The fraction of sp³-hybridized carbons (Fsp3) is 0.391. The van der Waals surface area contributed by atoms with Crippen LogP contribution >= 0.6 is 0 Å². The molecule has 2 N–H and O–H groups in total. The van der Waals surface area contributed by atoms with Crippen LogP contribution in [0.25, 0.3) is 27.8 Å². The number of hydrogen-bond donors (Lipinski definition) is 2. The van der Waals surface area contributed by atoms with Crippen LogP contribution < -0.4 is 10.6 Å². The first-order chi connectivity index (χ1) is 15.2. The molecule has 1 aliphatic carbocycles. The Kier molecular flexibility index (Phi) is 4.27. The molecule has 2 aliphatic rings. The van der Waals surface area contributed by atoms with Crippen LogP contribution in [-0.4, -0.2) is 49.9 Å². The molecule has 4 aromatic heterocycles. The van der Waals surface area contributed by atoms with Crippen molar-refractivity contribution in [1.82, 2.24) is 24.6 Å². The number of rotatable bonds is 4. The van der Waals surface area contributed by atoms with E-state index < -0.39 is 0 Å². The molecular weight excluding hydrogens is 390 g/mol. The van der Waals surface area contributed by atoms with E-state index in [1.807, 2.05) is 48.1 Å². The van der Waals surface area contributed by atoms with Crippen LogP contribution in [0.4, 0.5) is 11.8 Å². The van der Waals surface area contributed by atoms with Gasteiger partial charge in [0.05, 0.1) is 28.9 Å². The summed E-state index contributed by atoms with van der Waals surface area (Å²) >= 11 is 0. The predicted octanol–water partition coefficient (Wildman–Crippen LogP) is 3.89. The third-order valence-corrected chi connectivity index (χ3v) is 6.68. The molecule has 158 valence electrons. The first kappa shape index (κ1) is 18.5. The maximum atomic E-state index is 5.84. The summed E-state index contributed by atoms with van der Waals surface area (Å²) in [7, 11) is 1.89. The molecule has 0 aromatic carbocycles. The van der Waals surface area contributed by atoms with Crippen LogP contribution in [0.1, 0.15) is 32.1 Å². The molecule has 5 heterocycles. The monoisotopic (exact) mass is 415 g/mol. The zero-order valence-electron chi connectivity index (χ0n) is 17.5. The van der Waals surface area contributed by atoms with Crippen LogP contribution in [0.2, 0.25) is 0 Å². The van der Waals surface area contributed by atoms with Gasteiger partial charge in [-0.2, -0.15) is 4.98 Å². The zero-order chi connectivity index (χ0) is 20.8. The quantitative estimate of drug-likeness (QED) is 0.523. The van der Waals surface area contributed by atoms with Crippen molar-refractivity contribution in [3.05, 3.63) is 42.7 Å². The minimum atomic E-state index is 0.164. The largest absolute Gasteiger partial charge is 0.375 e. The lowest BCUT2D eigenvalue weighted by Gasteiger charge is -2.46. The average Bonchev–Trinajstić information content (AvgIpc) is 3.22. The molecule has 0 radical (unpaired) electrons. The highest BCUT2D eigenvalue weighted by molar-refractivity contribution is 5.89. The lowest BCUT2D eigenvalue weighted by atomic mass is 9.77. The van der Waals surface area contributed by atoms with Crippen LogP contribution in [0.15, 0.2) is 42.7 Å². The SMILES string of the molecule is CNc1nc(NC2CCC3(CCO3)CC2)nn2ccc(-c3ccc4ncccc4n3)c12. The Bertz CT molecular complexity index is 1250. The topological polar surface area (TPSA) is 89.3 Å². The summed E-state index contributed by atoms with van der Waals surface area (Å²) in [5.74, 6) is 1.42. The van der Waals surface area contributed by atoms with Gasteiger partial charge in [0.1, 0.15) is 5.52 Å². The number of fused-ring (bicyclic) bond motifs is 2. The minimum Gasteiger partial charge on any atom is -0.375 e. The lowest BCUT2D eigenvalue weighted by Crippen LogP contribution is -2.48. The molecule has 8 nitrogen and oxygen atoms in total. The maximum absolute atomic E-state index is 5.84. The molecule has 1 spiro atoms. The molecule has 8 heteroatoms. The normalized spacial score (nSPS) is 23.2. The third kappa shape index (κ3) is 3.18. The van der Waals surface area contributed by atoms with Gasteiger partial charge in [0, 0.05) is 31.0 Å². The van der Waals surface area contributed by atoms with E-state index in [-0.39, 0.29) is 5.60 Å². The van der Waals surface area contributed by atoms with Gasteiger partial charge in [-0.1, -0.05) is 0 Å². The van der Waals surface area contributed by atoms with Gasteiger partial charge < -0.3 is 15.4 Å². The molecule has 0 atom stereocenters. The van der Waals surface area contributed by atoms with Gasteiger partial charge in [0.15, 0.2) is 5.82 Å². The van der Waals surface area contributed by atoms with E-state index in [1.54, 1.807) is 6.20 Å². The van der Waals surface area contributed by atoms with Crippen molar-refractivity contribution in [3.8, 4) is 11.3 Å². The molecule has 0 bridgehead atoms. The van der Waals surface area contributed by atoms with Crippen molar-refractivity contribution in [3.63, 3.8) is 0 Å². The van der Waals surface area contributed by atoms with Gasteiger partial charge >= 0.3 is 0 Å². The molecule has 6 rings (SSSR count). The van der Waals surface area contributed by atoms with Crippen molar-refractivity contribution in [2.75, 3.05) is 24.3 Å². The van der Waals surface area contributed by atoms with Crippen molar-refractivity contribution >= 4 is 28.3 Å². The highest BCUT2D eigenvalue weighted by Gasteiger charge is 2.41. The van der Waals surface area contributed by atoms with E-state index >= 15 is 0 Å². The molecule has 1 aliphatic heterocycles. The van der Waals surface area contributed by atoms with E-state index in [4.69, 9.17) is 19.8 Å². The number of anilines is 2. The molecule has 31 heavy (non-hydrogen) atoms. The van der Waals surface area contributed by atoms with E-state index in [1.165, 1.54) is 6.42 Å². The highest BCUT2D eigenvalue weighted by Crippen LogP contribution is 2.41. The number of aromatic nitrogens is 5. The van der Waals surface area contributed by atoms with Crippen molar-refractivity contribution in [1.29, 1.82) is 0 Å². The number of pyridine rings is 2. The third-order valence-electron chi connectivity index (χ3n) is 6.68. The van der Waals surface area contributed by atoms with E-state index in [2.05, 4.69) is 15.6 Å². The number of nitrogens with zero attached hydrogens (tertiary/aromatic N) is 5. The summed E-state index contributed by atoms with van der Waals surface area (Å²) in [5.41, 5.74) is 4.69. The Morgan fingerprint density at radius 1 is 1.06 bits per heavy atom. The van der Waals surface area contributed by atoms with E-state index in [0.717, 1.165) is 65.9 Å². The summed E-state index contributed by atoms with van der Waals surface area (Å²) in [6, 6.07) is 10.3. The van der Waals surface area contributed by atoms with Gasteiger partial charge in [0.25, 0.3) is 0 Å². The molecule has 1 saturated heterocycles. The fourth-order valence-electron chi connectivity index (χ4n) is 4.83. The molecular formula is C23H25N7O. The van der Waals surface area contributed by atoms with Crippen LogP contribution in [0, 0.1) is 0 Å². The second-order valence-corrected chi connectivity index (χ2v) is 8.49. The molecule has 4 aromatic rings. The lowest BCUT2D eigenvalue weighted by molar-refractivity contribution is -0.165. The second-order valence-electron chi connectivity index (χ2n) is 8.49. The molecule has 2 fully saturated rings. The number of nitrogens with one attached hydrogen (secondary N) is 2. The van der Waals surface area contributed by atoms with Gasteiger partial charge in [-0.3, -0.25) is 4.98 Å². The van der Waals surface area contributed by atoms with Gasteiger partial charge in [-0.15, -0.1) is 5.10 Å². The van der Waals surface area contributed by atoms with Gasteiger partial charge in [-0.25, -0.2) is 9.50 Å². The van der Waals surface area contributed by atoms with E-state index in [0.29, 0.717) is 12.0 Å². The Morgan fingerprint density at radius 2 is 1.94 bits per heavy atom. The summed E-state index contributed by atoms with van der Waals surface area (Å²) in [6.45, 7) is 0.919. The Labute approximate surface area is 180 Å². The Hall–Kier alpha value is -3.26. The Morgan fingerprint density at radius 3 is 2.71 bits per heavy atom. The van der Waals surface area contributed by atoms with Gasteiger partial charge in [0.2, 0.25) is 5.95 Å². The molecule has 1 saturated carbocycles. The van der Waals surface area contributed by atoms with Crippen LogP contribution in [-0.2, 0) is 4.74 Å². The van der Waals surface area contributed by atoms with Crippen LogP contribution in [0.5, 0.6) is 0 Å². The zero-order valence-corrected chi connectivity index (χ0v) is 17.5.